The van der Waals surface area contributed by atoms with Gasteiger partial charge in [0.05, 0.1) is 5.69 Å². The van der Waals surface area contributed by atoms with E-state index in [2.05, 4.69) is 24.0 Å². The summed E-state index contributed by atoms with van der Waals surface area (Å²) in [7, 11) is 0. The van der Waals surface area contributed by atoms with Crippen LogP contribution in [0.3, 0.4) is 0 Å². The molecule has 0 aliphatic heterocycles. The molecule has 0 radical (unpaired) electrons. The fourth-order valence-corrected chi connectivity index (χ4v) is 3.39. The van der Waals surface area contributed by atoms with E-state index in [0.717, 1.165) is 34.7 Å². The predicted octanol–water partition coefficient (Wildman–Crippen LogP) is 5.50. The fourth-order valence-electron chi connectivity index (χ4n) is 3.39. The first-order chi connectivity index (χ1) is 11.8. The lowest BCUT2D eigenvalue weighted by molar-refractivity contribution is 0.103. The van der Waals surface area contributed by atoms with Crippen molar-refractivity contribution in [2.24, 2.45) is 0 Å². The van der Waals surface area contributed by atoms with E-state index in [4.69, 9.17) is 0 Å². The number of aromatic amines is 1. The Morgan fingerprint density at radius 1 is 0.917 bits per heavy atom. The summed E-state index contributed by atoms with van der Waals surface area (Å²) in [4.78, 5) is 16.3. The third kappa shape index (κ3) is 2.41. The number of aryl methyl sites for hydroxylation is 1. The van der Waals surface area contributed by atoms with Gasteiger partial charge in [0.15, 0.2) is 0 Å². The van der Waals surface area contributed by atoms with Crippen LogP contribution >= 0.6 is 0 Å². The average molecular weight is 313 g/mol. The van der Waals surface area contributed by atoms with Gasteiger partial charge in [0.25, 0.3) is 0 Å². The van der Waals surface area contributed by atoms with Gasteiger partial charge in [-0.1, -0.05) is 67.9 Å². The Morgan fingerprint density at radius 3 is 2.46 bits per heavy atom. The van der Waals surface area contributed by atoms with Crippen molar-refractivity contribution in [2.75, 3.05) is 0 Å². The highest BCUT2D eigenvalue weighted by Gasteiger charge is 2.16. The third-order valence-corrected chi connectivity index (χ3v) is 4.55. The van der Waals surface area contributed by atoms with Crippen molar-refractivity contribution in [3.8, 4) is 0 Å². The van der Waals surface area contributed by atoms with E-state index in [1.807, 2.05) is 54.6 Å². The molecule has 2 heteroatoms. The number of nitrogens with one attached hydrogen (secondary N) is 1. The van der Waals surface area contributed by atoms with Crippen LogP contribution in [-0.4, -0.2) is 10.8 Å². The molecule has 118 valence electrons. The molecule has 0 spiro atoms. The second-order valence-corrected chi connectivity index (χ2v) is 6.17. The molecular weight excluding hydrogens is 294 g/mol. The van der Waals surface area contributed by atoms with Crippen molar-refractivity contribution in [3.05, 3.63) is 83.6 Å². The SMILES string of the molecule is CCCc1ccc(C(=O)c2cc3ccccc3[nH]2)c2ccccc12. The second kappa shape index (κ2) is 5.97. The normalized spacial score (nSPS) is 11.2. The molecule has 1 aromatic heterocycles. The van der Waals surface area contributed by atoms with Crippen molar-refractivity contribution in [1.29, 1.82) is 0 Å². The van der Waals surface area contributed by atoms with E-state index in [1.165, 1.54) is 10.9 Å². The summed E-state index contributed by atoms with van der Waals surface area (Å²) in [5, 5.41) is 3.28. The van der Waals surface area contributed by atoms with Crippen molar-refractivity contribution < 1.29 is 4.79 Å². The lowest BCUT2D eigenvalue weighted by Crippen LogP contribution is -2.03. The predicted molar refractivity (Wildman–Crippen MR) is 99.7 cm³/mol. The number of hydrogen-bond acceptors (Lipinski definition) is 1. The van der Waals surface area contributed by atoms with Gasteiger partial charge in [0.1, 0.15) is 0 Å². The summed E-state index contributed by atoms with van der Waals surface area (Å²) < 4.78 is 0. The molecule has 0 aliphatic rings. The highest BCUT2D eigenvalue weighted by molar-refractivity contribution is 6.17. The first-order valence-electron chi connectivity index (χ1n) is 8.41. The van der Waals surface area contributed by atoms with Gasteiger partial charge in [-0.15, -0.1) is 0 Å². The van der Waals surface area contributed by atoms with E-state index < -0.39 is 0 Å². The number of benzene rings is 3. The Balaban J connectivity index is 1.86. The summed E-state index contributed by atoms with van der Waals surface area (Å²) in [6, 6.07) is 22.2. The number of carbonyl (C=O) groups excluding carboxylic acids is 1. The zero-order valence-electron chi connectivity index (χ0n) is 13.7. The molecule has 0 aliphatic carbocycles. The fraction of sp³-hybridized carbons (Fsp3) is 0.136. The van der Waals surface area contributed by atoms with Crippen LogP contribution in [0.2, 0.25) is 0 Å². The molecule has 0 fully saturated rings. The van der Waals surface area contributed by atoms with E-state index in [9.17, 15) is 4.79 Å². The Kier molecular flexibility index (Phi) is 3.66. The Morgan fingerprint density at radius 2 is 1.67 bits per heavy atom. The standard InChI is InChI=1S/C22H19NO/c1-2-7-15-12-13-19(18-10-5-4-9-17(15)18)22(24)21-14-16-8-3-6-11-20(16)23-21/h3-6,8-14,23H,2,7H2,1H3. The van der Waals surface area contributed by atoms with Gasteiger partial charge in [-0.2, -0.15) is 0 Å². The molecule has 2 nitrogen and oxygen atoms in total. The quantitative estimate of drug-likeness (QED) is 0.495. The number of rotatable bonds is 4. The third-order valence-electron chi connectivity index (χ3n) is 4.55. The van der Waals surface area contributed by atoms with Gasteiger partial charge < -0.3 is 4.98 Å². The maximum absolute atomic E-state index is 13.1. The van der Waals surface area contributed by atoms with Crippen LogP contribution in [0.4, 0.5) is 0 Å². The lowest BCUT2D eigenvalue weighted by Gasteiger charge is -2.09. The number of para-hydroxylation sites is 1. The van der Waals surface area contributed by atoms with Crippen molar-refractivity contribution in [1.82, 2.24) is 4.98 Å². The molecule has 0 bridgehead atoms. The molecule has 0 saturated carbocycles. The van der Waals surface area contributed by atoms with Gasteiger partial charge in [-0.05, 0) is 34.9 Å². The summed E-state index contributed by atoms with van der Waals surface area (Å²) in [5.74, 6) is 0.0467. The van der Waals surface area contributed by atoms with Gasteiger partial charge in [-0.25, -0.2) is 0 Å². The second-order valence-electron chi connectivity index (χ2n) is 6.17. The van der Waals surface area contributed by atoms with Crippen LogP contribution in [0.1, 0.15) is 35.0 Å². The lowest BCUT2D eigenvalue weighted by atomic mass is 9.94. The van der Waals surface area contributed by atoms with Crippen LogP contribution in [0.15, 0.2) is 66.7 Å². The average Bonchev–Trinajstić information content (AvgIpc) is 3.06. The molecule has 3 aromatic carbocycles. The molecule has 0 atom stereocenters. The molecule has 1 heterocycles. The molecule has 0 unspecified atom stereocenters. The van der Waals surface area contributed by atoms with Crippen LogP contribution in [0.25, 0.3) is 21.7 Å². The number of fused-ring (bicyclic) bond motifs is 2. The topological polar surface area (TPSA) is 32.9 Å². The monoisotopic (exact) mass is 313 g/mol. The number of carbonyl (C=O) groups is 1. The number of aromatic nitrogens is 1. The van der Waals surface area contributed by atoms with Crippen molar-refractivity contribution >= 4 is 27.5 Å². The Labute approximate surface area is 141 Å². The van der Waals surface area contributed by atoms with E-state index in [-0.39, 0.29) is 5.78 Å². The highest BCUT2D eigenvalue weighted by atomic mass is 16.1. The Hall–Kier alpha value is -2.87. The van der Waals surface area contributed by atoms with E-state index >= 15 is 0 Å². The van der Waals surface area contributed by atoms with Crippen molar-refractivity contribution in [2.45, 2.75) is 19.8 Å². The van der Waals surface area contributed by atoms with E-state index in [1.54, 1.807) is 0 Å². The zero-order chi connectivity index (χ0) is 16.5. The molecular formula is C22H19NO. The van der Waals surface area contributed by atoms with E-state index in [0.29, 0.717) is 5.69 Å². The van der Waals surface area contributed by atoms with Gasteiger partial charge in [-0.3, -0.25) is 4.79 Å². The van der Waals surface area contributed by atoms with Gasteiger partial charge in [0.2, 0.25) is 5.78 Å². The minimum Gasteiger partial charge on any atom is -0.352 e. The summed E-state index contributed by atoms with van der Waals surface area (Å²) in [6.07, 6.45) is 2.13. The van der Waals surface area contributed by atoms with Gasteiger partial charge >= 0.3 is 0 Å². The van der Waals surface area contributed by atoms with Gasteiger partial charge in [0, 0.05) is 16.5 Å². The summed E-state index contributed by atoms with van der Waals surface area (Å²) in [5.41, 5.74) is 3.70. The first-order valence-corrected chi connectivity index (χ1v) is 8.41. The smallest absolute Gasteiger partial charge is 0.209 e. The molecule has 24 heavy (non-hydrogen) atoms. The van der Waals surface area contributed by atoms with Crippen LogP contribution < -0.4 is 0 Å². The first kappa shape index (κ1) is 14.7. The largest absolute Gasteiger partial charge is 0.352 e. The highest BCUT2D eigenvalue weighted by Crippen LogP contribution is 2.26. The molecule has 1 N–H and O–H groups in total. The van der Waals surface area contributed by atoms with Crippen LogP contribution in [0.5, 0.6) is 0 Å². The van der Waals surface area contributed by atoms with Crippen molar-refractivity contribution in [3.63, 3.8) is 0 Å². The minimum absolute atomic E-state index is 0.0467. The van der Waals surface area contributed by atoms with Crippen LogP contribution in [-0.2, 0) is 6.42 Å². The maximum atomic E-state index is 13.1. The number of ketones is 1. The summed E-state index contributed by atoms with van der Waals surface area (Å²) >= 11 is 0. The maximum Gasteiger partial charge on any atom is 0.209 e. The van der Waals surface area contributed by atoms with Crippen LogP contribution in [0, 0.1) is 0 Å². The molecule has 4 aromatic rings. The number of hydrogen-bond donors (Lipinski definition) is 1. The molecule has 0 amide bonds. The Bertz CT molecular complexity index is 1010. The number of H-pyrrole nitrogens is 1. The minimum atomic E-state index is 0.0467. The molecule has 0 saturated heterocycles. The zero-order valence-corrected chi connectivity index (χ0v) is 13.7. The molecule has 4 rings (SSSR count). The summed E-state index contributed by atoms with van der Waals surface area (Å²) in [6.45, 7) is 2.18.